The minimum atomic E-state index is -0.469. The number of nitrogens with zero attached hydrogens (tertiary/aromatic N) is 3. The molecule has 1 N–H and O–H groups in total. The standard InChI is InChI=1S/C17H11FN4OS2/c18-14-3-1-2-13(8-14)15(23)20-16-21-22-17(25-16)24-10-12-6-4-11(9-19)5-7-12/h1-8H,10H2,(H,20,21,23). The maximum absolute atomic E-state index is 13.2. The van der Waals surface area contributed by atoms with Gasteiger partial charge in [-0.15, -0.1) is 10.2 Å². The summed E-state index contributed by atoms with van der Waals surface area (Å²) in [7, 11) is 0. The number of carbonyl (C=O) groups excluding carboxylic acids is 1. The van der Waals surface area contributed by atoms with Gasteiger partial charge in [0, 0.05) is 11.3 Å². The molecule has 5 nitrogen and oxygen atoms in total. The number of aromatic nitrogens is 2. The summed E-state index contributed by atoms with van der Waals surface area (Å²) in [6.45, 7) is 0. The molecule has 1 heterocycles. The normalized spacial score (nSPS) is 10.2. The van der Waals surface area contributed by atoms with E-state index in [1.807, 2.05) is 12.1 Å². The van der Waals surface area contributed by atoms with Crippen molar-refractivity contribution >= 4 is 34.1 Å². The van der Waals surface area contributed by atoms with Crippen LogP contribution < -0.4 is 5.32 Å². The average molecular weight is 370 g/mol. The van der Waals surface area contributed by atoms with E-state index in [9.17, 15) is 9.18 Å². The van der Waals surface area contributed by atoms with E-state index >= 15 is 0 Å². The van der Waals surface area contributed by atoms with E-state index in [4.69, 9.17) is 5.26 Å². The van der Waals surface area contributed by atoms with Gasteiger partial charge in [-0.25, -0.2) is 4.39 Å². The number of anilines is 1. The lowest BCUT2D eigenvalue weighted by molar-refractivity contribution is 0.102. The van der Waals surface area contributed by atoms with Gasteiger partial charge in [0.15, 0.2) is 4.34 Å². The number of carbonyl (C=O) groups is 1. The monoisotopic (exact) mass is 370 g/mol. The Hall–Kier alpha value is -2.76. The number of hydrogen-bond donors (Lipinski definition) is 1. The fourth-order valence-electron chi connectivity index (χ4n) is 1.94. The molecule has 2 aromatic carbocycles. The molecule has 1 aromatic heterocycles. The number of amides is 1. The molecule has 3 rings (SSSR count). The topological polar surface area (TPSA) is 78.7 Å². The second-order valence-electron chi connectivity index (χ2n) is 4.93. The second kappa shape index (κ2) is 7.88. The lowest BCUT2D eigenvalue weighted by Crippen LogP contribution is -2.11. The van der Waals surface area contributed by atoms with Gasteiger partial charge >= 0.3 is 0 Å². The van der Waals surface area contributed by atoms with E-state index in [1.165, 1.54) is 41.3 Å². The predicted octanol–water partition coefficient (Wildman–Crippen LogP) is 4.09. The quantitative estimate of drug-likeness (QED) is 0.540. The Morgan fingerprint density at radius 2 is 2.04 bits per heavy atom. The molecule has 25 heavy (non-hydrogen) atoms. The minimum absolute atomic E-state index is 0.224. The molecular weight excluding hydrogens is 359 g/mol. The molecule has 0 spiro atoms. The molecule has 0 saturated carbocycles. The summed E-state index contributed by atoms with van der Waals surface area (Å²) in [5.74, 6) is -0.221. The largest absolute Gasteiger partial charge is 0.296 e. The first-order chi connectivity index (χ1) is 12.1. The Morgan fingerprint density at radius 3 is 2.76 bits per heavy atom. The van der Waals surface area contributed by atoms with E-state index in [0.717, 1.165) is 11.6 Å². The third kappa shape index (κ3) is 4.62. The highest BCUT2D eigenvalue weighted by atomic mass is 32.2. The van der Waals surface area contributed by atoms with Crippen LogP contribution in [0.2, 0.25) is 0 Å². The van der Waals surface area contributed by atoms with Crippen molar-refractivity contribution in [1.29, 1.82) is 5.26 Å². The predicted molar refractivity (Wildman–Crippen MR) is 95.0 cm³/mol. The van der Waals surface area contributed by atoms with Crippen molar-refractivity contribution in [1.82, 2.24) is 10.2 Å². The summed E-state index contributed by atoms with van der Waals surface area (Å²) in [5.41, 5.74) is 1.90. The van der Waals surface area contributed by atoms with Crippen LogP contribution in [0.5, 0.6) is 0 Å². The third-order valence-corrected chi connectivity index (χ3v) is 5.20. The number of nitrogens with one attached hydrogen (secondary N) is 1. The summed E-state index contributed by atoms with van der Waals surface area (Å²) in [6, 6.07) is 14.8. The van der Waals surface area contributed by atoms with Crippen molar-refractivity contribution in [2.24, 2.45) is 0 Å². The van der Waals surface area contributed by atoms with Gasteiger partial charge in [0.05, 0.1) is 11.6 Å². The fourth-order valence-corrected chi connectivity index (χ4v) is 3.64. The average Bonchev–Trinajstić information content (AvgIpc) is 3.08. The van der Waals surface area contributed by atoms with Crippen LogP contribution in [0.25, 0.3) is 0 Å². The van der Waals surface area contributed by atoms with Gasteiger partial charge in [0.1, 0.15) is 5.82 Å². The molecular formula is C17H11FN4OS2. The first kappa shape index (κ1) is 17.1. The molecule has 0 radical (unpaired) electrons. The van der Waals surface area contributed by atoms with Crippen molar-refractivity contribution in [3.05, 3.63) is 71.0 Å². The number of nitriles is 1. The second-order valence-corrected chi connectivity index (χ2v) is 7.13. The van der Waals surface area contributed by atoms with Gasteiger partial charge in [0.25, 0.3) is 5.91 Å². The van der Waals surface area contributed by atoms with E-state index in [1.54, 1.807) is 12.1 Å². The lowest BCUT2D eigenvalue weighted by Gasteiger charge is -2.00. The highest BCUT2D eigenvalue weighted by molar-refractivity contribution is 8.00. The molecule has 0 fully saturated rings. The smallest absolute Gasteiger partial charge is 0.257 e. The number of benzene rings is 2. The summed E-state index contributed by atoms with van der Waals surface area (Å²) >= 11 is 2.73. The fraction of sp³-hybridized carbons (Fsp3) is 0.0588. The van der Waals surface area contributed by atoms with Crippen LogP contribution in [0, 0.1) is 17.1 Å². The Morgan fingerprint density at radius 1 is 1.24 bits per heavy atom. The first-order valence-corrected chi connectivity index (χ1v) is 8.96. The van der Waals surface area contributed by atoms with Gasteiger partial charge in [-0.2, -0.15) is 5.26 Å². The number of rotatable bonds is 5. The van der Waals surface area contributed by atoms with Crippen LogP contribution in [-0.4, -0.2) is 16.1 Å². The van der Waals surface area contributed by atoms with Crippen LogP contribution >= 0.6 is 23.1 Å². The van der Waals surface area contributed by atoms with Gasteiger partial charge in [-0.1, -0.05) is 41.3 Å². The molecule has 0 saturated heterocycles. The highest BCUT2D eigenvalue weighted by Crippen LogP contribution is 2.28. The molecule has 0 aliphatic heterocycles. The number of halogens is 1. The molecule has 8 heteroatoms. The Balaban J connectivity index is 1.58. The van der Waals surface area contributed by atoms with Crippen molar-refractivity contribution in [3.8, 4) is 6.07 Å². The highest BCUT2D eigenvalue weighted by Gasteiger charge is 2.11. The van der Waals surface area contributed by atoms with Crippen molar-refractivity contribution in [3.63, 3.8) is 0 Å². The van der Waals surface area contributed by atoms with E-state index in [-0.39, 0.29) is 5.56 Å². The zero-order valence-corrected chi connectivity index (χ0v) is 14.4. The Labute approximate surface area is 151 Å². The molecule has 0 aliphatic carbocycles. The Kier molecular flexibility index (Phi) is 5.38. The molecule has 0 unspecified atom stereocenters. The van der Waals surface area contributed by atoms with Gasteiger partial charge < -0.3 is 0 Å². The van der Waals surface area contributed by atoms with Crippen LogP contribution in [0.1, 0.15) is 21.5 Å². The Bertz CT molecular complexity index is 934. The molecule has 0 atom stereocenters. The summed E-state index contributed by atoms with van der Waals surface area (Å²) in [4.78, 5) is 12.0. The molecule has 0 aliphatic rings. The maximum Gasteiger partial charge on any atom is 0.257 e. The van der Waals surface area contributed by atoms with E-state index < -0.39 is 11.7 Å². The van der Waals surface area contributed by atoms with Crippen molar-refractivity contribution < 1.29 is 9.18 Å². The van der Waals surface area contributed by atoms with Crippen LogP contribution in [0.4, 0.5) is 9.52 Å². The molecule has 1 amide bonds. The van der Waals surface area contributed by atoms with Crippen molar-refractivity contribution in [2.45, 2.75) is 10.1 Å². The van der Waals surface area contributed by atoms with Gasteiger partial charge in [-0.05, 0) is 35.9 Å². The van der Waals surface area contributed by atoms with Gasteiger partial charge in [-0.3, -0.25) is 10.1 Å². The molecule has 124 valence electrons. The van der Waals surface area contributed by atoms with Crippen LogP contribution in [0.3, 0.4) is 0 Å². The lowest BCUT2D eigenvalue weighted by atomic mass is 10.2. The molecule has 3 aromatic rings. The van der Waals surface area contributed by atoms with Crippen LogP contribution in [-0.2, 0) is 5.75 Å². The SMILES string of the molecule is N#Cc1ccc(CSc2nnc(NC(=O)c3cccc(F)c3)s2)cc1. The van der Waals surface area contributed by atoms with Gasteiger partial charge in [0.2, 0.25) is 5.13 Å². The first-order valence-electron chi connectivity index (χ1n) is 7.16. The summed E-state index contributed by atoms with van der Waals surface area (Å²) in [6.07, 6.45) is 0. The summed E-state index contributed by atoms with van der Waals surface area (Å²) < 4.78 is 13.9. The van der Waals surface area contributed by atoms with Crippen molar-refractivity contribution in [2.75, 3.05) is 5.32 Å². The van der Waals surface area contributed by atoms with E-state index in [0.29, 0.717) is 20.8 Å². The summed E-state index contributed by atoms with van der Waals surface area (Å²) in [5, 5.41) is 19.7. The minimum Gasteiger partial charge on any atom is -0.296 e. The maximum atomic E-state index is 13.2. The molecule has 0 bridgehead atoms. The number of thioether (sulfide) groups is 1. The third-order valence-electron chi connectivity index (χ3n) is 3.16. The van der Waals surface area contributed by atoms with Crippen LogP contribution in [0.15, 0.2) is 52.9 Å². The van der Waals surface area contributed by atoms with E-state index in [2.05, 4.69) is 21.6 Å². The zero-order valence-electron chi connectivity index (χ0n) is 12.8. The zero-order chi connectivity index (χ0) is 17.6. The number of hydrogen-bond acceptors (Lipinski definition) is 6.